The summed E-state index contributed by atoms with van der Waals surface area (Å²) in [7, 11) is -3.77. The van der Waals surface area contributed by atoms with Crippen LogP contribution < -0.4 is 10.0 Å². The lowest BCUT2D eigenvalue weighted by Gasteiger charge is -2.33. The number of amides is 1. The standard InChI is InChI=1S/C23H32N4O3S/c1-3-26-14-16-27(17-15-26)13-5-12-24-23(28)20-6-4-7-22(18-20)31(29,30)25-21-10-8-19(2)9-11-21/h4,6-11,18,25H,3,5,12-17H2,1-2H3,(H,24,28). The number of nitrogens with zero attached hydrogens (tertiary/aromatic N) is 2. The minimum absolute atomic E-state index is 0.0644. The normalized spacial score (nSPS) is 15.5. The summed E-state index contributed by atoms with van der Waals surface area (Å²) in [5.74, 6) is -0.261. The number of piperazine rings is 1. The van der Waals surface area contributed by atoms with Crippen molar-refractivity contribution in [3.63, 3.8) is 0 Å². The van der Waals surface area contributed by atoms with Crippen molar-refractivity contribution in [3.05, 3.63) is 59.7 Å². The number of carbonyl (C=O) groups is 1. The van der Waals surface area contributed by atoms with Crippen LogP contribution in [-0.4, -0.2) is 69.9 Å². The van der Waals surface area contributed by atoms with E-state index >= 15 is 0 Å². The molecule has 1 heterocycles. The third-order valence-corrected chi connectivity index (χ3v) is 6.94. The number of likely N-dealkylation sites (N-methyl/N-ethyl adjacent to an activating group) is 1. The number of sulfonamides is 1. The SMILES string of the molecule is CCN1CCN(CCCNC(=O)c2cccc(S(=O)(=O)Nc3ccc(C)cc3)c2)CC1. The zero-order chi connectivity index (χ0) is 22.3. The second-order valence-electron chi connectivity index (χ2n) is 7.88. The van der Waals surface area contributed by atoms with Crippen molar-refractivity contribution in [1.82, 2.24) is 15.1 Å². The van der Waals surface area contributed by atoms with Crippen LogP contribution in [0.5, 0.6) is 0 Å². The number of hydrogen-bond acceptors (Lipinski definition) is 5. The van der Waals surface area contributed by atoms with Crippen molar-refractivity contribution in [2.45, 2.75) is 25.2 Å². The summed E-state index contributed by atoms with van der Waals surface area (Å²) in [6.45, 7) is 11.1. The molecular weight excluding hydrogens is 412 g/mol. The molecule has 0 atom stereocenters. The Balaban J connectivity index is 1.50. The molecule has 0 radical (unpaired) electrons. The summed E-state index contributed by atoms with van der Waals surface area (Å²) in [4.78, 5) is 17.4. The molecule has 2 aromatic carbocycles. The predicted molar refractivity (Wildman–Crippen MR) is 124 cm³/mol. The molecule has 1 aliphatic rings. The summed E-state index contributed by atoms with van der Waals surface area (Å²) in [5, 5.41) is 2.90. The largest absolute Gasteiger partial charge is 0.352 e. The maximum Gasteiger partial charge on any atom is 0.261 e. The average Bonchev–Trinajstić information content (AvgIpc) is 2.78. The van der Waals surface area contributed by atoms with Gasteiger partial charge in [0, 0.05) is 44.0 Å². The molecule has 1 saturated heterocycles. The molecule has 168 valence electrons. The summed E-state index contributed by atoms with van der Waals surface area (Å²) in [6.07, 6.45) is 0.866. The van der Waals surface area contributed by atoms with E-state index in [2.05, 4.69) is 26.8 Å². The third kappa shape index (κ3) is 6.78. The predicted octanol–water partition coefficient (Wildman–Crippen LogP) is 2.55. The Morgan fingerprint density at radius 2 is 1.68 bits per heavy atom. The van der Waals surface area contributed by atoms with Gasteiger partial charge in [-0.05, 0) is 56.8 Å². The van der Waals surface area contributed by atoms with E-state index in [-0.39, 0.29) is 10.8 Å². The molecule has 0 unspecified atom stereocenters. The Bertz CT molecular complexity index is 969. The molecule has 0 bridgehead atoms. The molecule has 0 aromatic heterocycles. The van der Waals surface area contributed by atoms with Gasteiger partial charge in [-0.15, -0.1) is 0 Å². The lowest BCUT2D eigenvalue weighted by atomic mass is 10.2. The first-order chi connectivity index (χ1) is 14.9. The highest BCUT2D eigenvalue weighted by Gasteiger charge is 2.17. The molecule has 0 spiro atoms. The van der Waals surface area contributed by atoms with Gasteiger partial charge in [-0.25, -0.2) is 8.42 Å². The van der Waals surface area contributed by atoms with E-state index in [0.29, 0.717) is 17.8 Å². The quantitative estimate of drug-likeness (QED) is 0.581. The summed E-state index contributed by atoms with van der Waals surface area (Å²) >= 11 is 0. The minimum Gasteiger partial charge on any atom is -0.352 e. The number of anilines is 1. The highest BCUT2D eigenvalue weighted by molar-refractivity contribution is 7.92. The van der Waals surface area contributed by atoms with Gasteiger partial charge in [-0.1, -0.05) is 30.7 Å². The van der Waals surface area contributed by atoms with E-state index in [1.807, 2.05) is 19.1 Å². The van der Waals surface area contributed by atoms with Crippen molar-refractivity contribution in [2.75, 3.05) is 50.5 Å². The molecule has 3 rings (SSSR count). The second kappa shape index (κ2) is 10.7. The fraction of sp³-hybridized carbons (Fsp3) is 0.435. The highest BCUT2D eigenvalue weighted by Crippen LogP contribution is 2.17. The van der Waals surface area contributed by atoms with Gasteiger partial charge >= 0.3 is 0 Å². The lowest BCUT2D eigenvalue weighted by molar-refractivity contribution is 0.0948. The smallest absolute Gasteiger partial charge is 0.261 e. The van der Waals surface area contributed by atoms with Crippen molar-refractivity contribution in [2.24, 2.45) is 0 Å². The van der Waals surface area contributed by atoms with Crippen LogP contribution in [0.15, 0.2) is 53.4 Å². The van der Waals surface area contributed by atoms with Crippen LogP contribution in [-0.2, 0) is 10.0 Å². The molecule has 8 heteroatoms. The topological polar surface area (TPSA) is 81.8 Å². The molecule has 7 nitrogen and oxygen atoms in total. The molecule has 1 aliphatic heterocycles. The van der Waals surface area contributed by atoms with Crippen molar-refractivity contribution >= 4 is 21.6 Å². The summed E-state index contributed by atoms with van der Waals surface area (Å²) < 4.78 is 27.9. The first kappa shape index (κ1) is 23.2. The molecular formula is C23H32N4O3S. The van der Waals surface area contributed by atoms with Crippen LogP contribution in [0.2, 0.25) is 0 Å². The first-order valence-corrected chi connectivity index (χ1v) is 12.3. The summed E-state index contributed by atoms with van der Waals surface area (Å²) in [5.41, 5.74) is 1.87. The fourth-order valence-corrected chi connectivity index (χ4v) is 4.68. The molecule has 31 heavy (non-hydrogen) atoms. The van der Waals surface area contributed by atoms with Gasteiger partial charge in [-0.3, -0.25) is 9.52 Å². The van der Waals surface area contributed by atoms with Crippen molar-refractivity contribution in [1.29, 1.82) is 0 Å². The zero-order valence-corrected chi connectivity index (χ0v) is 19.1. The van der Waals surface area contributed by atoms with Crippen molar-refractivity contribution in [3.8, 4) is 0 Å². The van der Waals surface area contributed by atoms with Crippen LogP contribution in [0.4, 0.5) is 5.69 Å². The molecule has 1 fully saturated rings. The Labute approximate surface area is 185 Å². The highest BCUT2D eigenvalue weighted by atomic mass is 32.2. The minimum atomic E-state index is -3.77. The van der Waals surface area contributed by atoms with Gasteiger partial charge in [0.05, 0.1) is 4.90 Å². The Morgan fingerprint density at radius 1 is 1.00 bits per heavy atom. The molecule has 0 saturated carbocycles. The van der Waals surface area contributed by atoms with Gasteiger partial charge in [0.25, 0.3) is 15.9 Å². The number of carbonyl (C=O) groups excluding carboxylic acids is 1. The van der Waals surface area contributed by atoms with Gasteiger partial charge in [-0.2, -0.15) is 0 Å². The Morgan fingerprint density at radius 3 is 2.35 bits per heavy atom. The van der Waals surface area contributed by atoms with Crippen LogP contribution in [0.1, 0.15) is 29.3 Å². The van der Waals surface area contributed by atoms with Crippen LogP contribution in [0.3, 0.4) is 0 Å². The molecule has 2 N–H and O–H groups in total. The lowest BCUT2D eigenvalue weighted by Crippen LogP contribution is -2.46. The van der Waals surface area contributed by atoms with Crippen LogP contribution in [0.25, 0.3) is 0 Å². The Kier molecular flexibility index (Phi) is 8.06. The monoisotopic (exact) mass is 444 g/mol. The molecule has 1 amide bonds. The van der Waals surface area contributed by atoms with E-state index in [9.17, 15) is 13.2 Å². The van der Waals surface area contributed by atoms with Gasteiger partial charge in [0.2, 0.25) is 0 Å². The number of rotatable bonds is 9. The average molecular weight is 445 g/mol. The third-order valence-electron chi connectivity index (χ3n) is 5.56. The van der Waals surface area contributed by atoms with E-state index in [1.54, 1.807) is 24.3 Å². The number of nitrogens with one attached hydrogen (secondary N) is 2. The van der Waals surface area contributed by atoms with E-state index in [4.69, 9.17) is 0 Å². The van der Waals surface area contributed by atoms with Gasteiger partial charge in [0.1, 0.15) is 0 Å². The van der Waals surface area contributed by atoms with Crippen LogP contribution >= 0.6 is 0 Å². The van der Waals surface area contributed by atoms with Gasteiger partial charge < -0.3 is 15.1 Å². The van der Waals surface area contributed by atoms with Gasteiger partial charge in [0.15, 0.2) is 0 Å². The number of hydrogen-bond donors (Lipinski definition) is 2. The maximum atomic E-state index is 12.7. The summed E-state index contributed by atoms with van der Waals surface area (Å²) in [6, 6.07) is 13.2. The maximum absolute atomic E-state index is 12.7. The fourth-order valence-electron chi connectivity index (χ4n) is 3.58. The number of benzene rings is 2. The molecule has 0 aliphatic carbocycles. The van der Waals surface area contributed by atoms with E-state index < -0.39 is 10.0 Å². The van der Waals surface area contributed by atoms with Crippen molar-refractivity contribution < 1.29 is 13.2 Å². The second-order valence-corrected chi connectivity index (χ2v) is 9.57. The first-order valence-electron chi connectivity index (χ1n) is 10.8. The molecule has 2 aromatic rings. The van der Waals surface area contributed by atoms with Crippen LogP contribution in [0, 0.1) is 6.92 Å². The van der Waals surface area contributed by atoms with E-state index in [1.165, 1.54) is 12.1 Å². The Hall–Kier alpha value is -2.42. The van der Waals surface area contributed by atoms with E-state index in [0.717, 1.165) is 51.3 Å². The zero-order valence-electron chi connectivity index (χ0n) is 18.3. The number of aryl methyl sites for hydroxylation is 1.